The van der Waals surface area contributed by atoms with Gasteiger partial charge in [-0.25, -0.2) is 9.18 Å². The molecule has 5 rings (SSSR count). The highest BCUT2D eigenvalue weighted by atomic mass is 19.1. The number of ketones is 1. The molecule has 37 heavy (non-hydrogen) atoms. The minimum atomic E-state index is -1.77. The Morgan fingerprint density at radius 2 is 1.86 bits per heavy atom. The Bertz CT molecular complexity index is 1480. The van der Waals surface area contributed by atoms with E-state index in [4.69, 9.17) is 4.74 Å². The number of methoxy groups -OCH3 is 1. The molecule has 0 spiro atoms. The lowest BCUT2D eigenvalue weighted by Crippen LogP contribution is -2.54. The zero-order chi connectivity index (χ0) is 26.5. The summed E-state index contributed by atoms with van der Waals surface area (Å²) in [4.78, 5) is 63.1. The van der Waals surface area contributed by atoms with Crippen LogP contribution in [0.2, 0.25) is 0 Å². The van der Waals surface area contributed by atoms with Gasteiger partial charge in [0.25, 0.3) is 11.8 Å². The van der Waals surface area contributed by atoms with Crippen molar-refractivity contribution in [3.63, 3.8) is 0 Å². The number of rotatable bonds is 4. The molecule has 0 radical (unpaired) electrons. The average molecular weight is 504 g/mol. The van der Waals surface area contributed by atoms with Crippen molar-refractivity contribution in [2.24, 2.45) is 0 Å². The number of halogens is 1. The number of nitrogens with zero attached hydrogens (tertiary/aromatic N) is 1. The predicted octanol–water partition coefficient (Wildman–Crippen LogP) is 0.724. The van der Waals surface area contributed by atoms with E-state index in [9.17, 15) is 28.4 Å². The van der Waals surface area contributed by atoms with Crippen molar-refractivity contribution in [1.29, 1.82) is 0 Å². The molecule has 1 unspecified atom stereocenters. The van der Waals surface area contributed by atoms with Crippen LogP contribution in [0.25, 0.3) is 0 Å². The van der Waals surface area contributed by atoms with Gasteiger partial charge in [0.05, 0.1) is 20.1 Å². The molecule has 5 amide bonds. The van der Waals surface area contributed by atoms with Gasteiger partial charge in [0.2, 0.25) is 11.4 Å². The number of carbonyl (C=O) groups is 5. The summed E-state index contributed by atoms with van der Waals surface area (Å²) < 4.78 is 20.2. The van der Waals surface area contributed by atoms with Crippen molar-refractivity contribution >= 4 is 29.5 Å². The van der Waals surface area contributed by atoms with Gasteiger partial charge >= 0.3 is 6.03 Å². The van der Waals surface area contributed by atoms with Crippen LogP contribution < -0.4 is 20.7 Å². The van der Waals surface area contributed by atoms with Crippen molar-refractivity contribution in [2.45, 2.75) is 31.0 Å². The van der Waals surface area contributed by atoms with Crippen molar-refractivity contribution in [2.75, 3.05) is 13.7 Å². The van der Waals surface area contributed by atoms with Crippen LogP contribution in [0.15, 0.2) is 36.4 Å². The fourth-order valence-electron chi connectivity index (χ4n) is 4.72. The average Bonchev–Trinajstić information content (AvgIpc) is 3.41. The van der Waals surface area contributed by atoms with Crippen LogP contribution in [0.5, 0.6) is 5.75 Å². The number of Topliss-reactive ketones (excluding diaryl/α,β-unsaturated/α-hetero) is 1. The highest BCUT2D eigenvalue weighted by Crippen LogP contribution is 2.31. The van der Waals surface area contributed by atoms with Crippen LogP contribution in [0, 0.1) is 17.7 Å². The SMILES string of the molecule is COc1ccc2c(c1)C(=O)N(C[C@@]1(C#Cc3ccc(C4(C)NC(=O)CC4=O)c(F)c3)NC(=O)NC1=O)C2. The zero-order valence-corrected chi connectivity index (χ0v) is 19.9. The van der Waals surface area contributed by atoms with Crippen LogP contribution in [-0.4, -0.2) is 53.6 Å². The largest absolute Gasteiger partial charge is 0.497 e. The Kier molecular flexibility index (Phi) is 5.48. The highest BCUT2D eigenvalue weighted by Gasteiger charge is 2.48. The van der Waals surface area contributed by atoms with Gasteiger partial charge in [-0.05, 0) is 36.8 Å². The molecule has 2 aromatic rings. The first kappa shape index (κ1) is 24.0. The first-order valence-corrected chi connectivity index (χ1v) is 11.3. The third-order valence-corrected chi connectivity index (χ3v) is 6.76. The third kappa shape index (κ3) is 3.96. The molecule has 2 aromatic carbocycles. The third-order valence-electron chi connectivity index (χ3n) is 6.76. The molecule has 3 aliphatic heterocycles. The zero-order valence-electron chi connectivity index (χ0n) is 19.9. The van der Waals surface area contributed by atoms with E-state index in [2.05, 4.69) is 27.8 Å². The predicted molar refractivity (Wildman–Crippen MR) is 126 cm³/mol. The Hall–Kier alpha value is -4.72. The Morgan fingerprint density at radius 1 is 1.08 bits per heavy atom. The Morgan fingerprint density at radius 3 is 2.49 bits per heavy atom. The summed E-state index contributed by atoms with van der Waals surface area (Å²) in [6.07, 6.45) is -0.333. The van der Waals surface area contributed by atoms with Gasteiger partial charge in [0.1, 0.15) is 17.1 Å². The van der Waals surface area contributed by atoms with Gasteiger partial charge in [0.15, 0.2) is 5.78 Å². The fraction of sp³-hybridized carbons (Fsp3) is 0.269. The van der Waals surface area contributed by atoms with Crippen LogP contribution in [0.1, 0.15) is 40.4 Å². The lowest BCUT2D eigenvalue weighted by Gasteiger charge is -2.26. The molecule has 2 saturated heterocycles. The number of carbonyl (C=O) groups excluding carboxylic acids is 5. The summed E-state index contributed by atoms with van der Waals surface area (Å²) in [6, 6.07) is 8.17. The number of imide groups is 1. The van der Waals surface area contributed by atoms with E-state index in [0.29, 0.717) is 11.3 Å². The number of ether oxygens (including phenoxy) is 1. The molecule has 188 valence electrons. The van der Waals surface area contributed by atoms with Gasteiger partial charge < -0.3 is 20.3 Å². The molecule has 0 aliphatic carbocycles. The molecule has 0 bridgehead atoms. The van der Waals surface area contributed by atoms with E-state index in [1.165, 1.54) is 31.1 Å². The van der Waals surface area contributed by atoms with E-state index < -0.39 is 40.5 Å². The molecule has 0 saturated carbocycles. The molecule has 11 heteroatoms. The van der Waals surface area contributed by atoms with Crippen molar-refractivity contribution in [3.05, 3.63) is 64.5 Å². The molecule has 0 aromatic heterocycles. The Balaban J connectivity index is 1.44. The summed E-state index contributed by atoms with van der Waals surface area (Å²) in [6.45, 7) is 1.39. The summed E-state index contributed by atoms with van der Waals surface area (Å²) in [7, 11) is 1.49. The smallest absolute Gasteiger partial charge is 0.323 e. The molecule has 3 N–H and O–H groups in total. The minimum absolute atomic E-state index is 0.00798. The molecular formula is C26H21FN4O6. The maximum atomic E-state index is 15.0. The summed E-state index contributed by atoms with van der Waals surface area (Å²) in [5.41, 5.74) is -1.94. The number of nitrogens with one attached hydrogen (secondary N) is 3. The molecule has 10 nitrogen and oxygen atoms in total. The maximum Gasteiger partial charge on any atom is 0.323 e. The minimum Gasteiger partial charge on any atom is -0.497 e. The van der Waals surface area contributed by atoms with Crippen LogP contribution in [0.3, 0.4) is 0 Å². The van der Waals surface area contributed by atoms with Gasteiger partial charge in [-0.15, -0.1) is 0 Å². The first-order chi connectivity index (χ1) is 17.5. The molecular weight excluding hydrogens is 483 g/mol. The molecule has 2 atom stereocenters. The number of hydrogen-bond acceptors (Lipinski definition) is 6. The number of fused-ring (bicyclic) bond motifs is 1. The topological polar surface area (TPSA) is 134 Å². The quantitative estimate of drug-likeness (QED) is 0.319. The second-order valence-electron chi connectivity index (χ2n) is 9.22. The summed E-state index contributed by atoms with van der Waals surface area (Å²) in [5, 5.41) is 7.14. The van der Waals surface area contributed by atoms with E-state index in [1.54, 1.807) is 18.2 Å². The van der Waals surface area contributed by atoms with Gasteiger partial charge in [-0.1, -0.05) is 24.0 Å². The Labute approximate surface area is 210 Å². The van der Waals surface area contributed by atoms with E-state index >= 15 is 0 Å². The van der Waals surface area contributed by atoms with Crippen molar-refractivity contribution in [1.82, 2.24) is 20.9 Å². The molecule has 3 aliphatic rings. The number of hydrogen-bond donors (Lipinski definition) is 3. The second kappa shape index (κ2) is 8.44. The summed E-state index contributed by atoms with van der Waals surface area (Å²) in [5.74, 6) is 3.13. The second-order valence-corrected chi connectivity index (χ2v) is 9.22. The highest BCUT2D eigenvalue weighted by molar-refractivity contribution is 6.11. The van der Waals surface area contributed by atoms with Crippen LogP contribution in [-0.2, 0) is 26.5 Å². The van der Waals surface area contributed by atoms with E-state index in [0.717, 1.165) is 11.6 Å². The van der Waals surface area contributed by atoms with E-state index in [-0.39, 0.29) is 36.5 Å². The van der Waals surface area contributed by atoms with Crippen molar-refractivity contribution < 1.29 is 33.1 Å². The lowest BCUT2D eigenvalue weighted by molar-refractivity contribution is -0.124. The number of benzene rings is 2. The van der Waals surface area contributed by atoms with Crippen LogP contribution in [0.4, 0.5) is 9.18 Å². The number of urea groups is 1. The van der Waals surface area contributed by atoms with Gasteiger partial charge in [-0.3, -0.25) is 24.5 Å². The summed E-state index contributed by atoms with van der Waals surface area (Å²) >= 11 is 0. The number of amides is 5. The van der Waals surface area contributed by atoms with Crippen LogP contribution >= 0.6 is 0 Å². The normalized spacial score (nSPS) is 24.3. The monoisotopic (exact) mass is 504 g/mol. The first-order valence-electron chi connectivity index (χ1n) is 11.3. The van der Waals surface area contributed by atoms with Gasteiger partial charge in [-0.2, -0.15) is 0 Å². The maximum absolute atomic E-state index is 15.0. The van der Waals surface area contributed by atoms with Gasteiger partial charge in [0, 0.05) is 23.2 Å². The lowest BCUT2D eigenvalue weighted by atomic mass is 9.88. The molecule has 2 fully saturated rings. The standard InChI is InChI=1S/C26H21FN4O6/c1-25(20(32)11-21(33)29-25)18-6-3-14(9-19(18)27)7-8-26(23(35)28-24(36)30-26)13-31-12-15-4-5-16(37-2)10-17(15)22(31)34/h3-6,9-10H,11-13H2,1-2H3,(H,29,33)(H2,28,30,35,36)/t25?,26-/m1/s1. The molecule has 3 heterocycles. The van der Waals surface area contributed by atoms with E-state index in [1.807, 2.05) is 0 Å². The van der Waals surface area contributed by atoms with Crippen molar-refractivity contribution in [3.8, 4) is 17.6 Å². The fourth-order valence-corrected chi connectivity index (χ4v) is 4.72.